The summed E-state index contributed by atoms with van der Waals surface area (Å²) in [5, 5.41) is 12.1. The fourth-order valence-electron chi connectivity index (χ4n) is 1.51. The first-order valence-electron chi connectivity index (χ1n) is 5.52. The van der Waals surface area contributed by atoms with E-state index in [-0.39, 0.29) is 12.1 Å². The van der Waals surface area contributed by atoms with Crippen molar-refractivity contribution in [2.45, 2.75) is 6.10 Å². The highest BCUT2D eigenvalue weighted by atomic mass is 19.2. The maximum absolute atomic E-state index is 12.9. The average Bonchev–Trinajstić information content (AvgIpc) is 2.92. The van der Waals surface area contributed by atoms with Crippen LogP contribution in [0.4, 0.5) is 8.78 Å². The molecule has 2 N–H and O–H groups in total. The third-order valence-electron chi connectivity index (χ3n) is 2.51. The molecule has 2 aromatic rings. The molecular formula is C13H11F2NO3. The van der Waals surface area contributed by atoms with Crippen LogP contribution in [0.3, 0.4) is 0 Å². The summed E-state index contributed by atoms with van der Waals surface area (Å²) in [6.45, 7) is -0.0919. The van der Waals surface area contributed by atoms with Crippen LogP contribution in [0.25, 0.3) is 0 Å². The molecule has 1 heterocycles. The highest BCUT2D eigenvalue weighted by Crippen LogP contribution is 2.12. The molecule has 6 heteroatoms. The SMILES string of the molecule is O=C(NCC(O)c1ccco1)c1ccc(F)c(F)c1. The minimum Gasteiger partial charge on any atom is -0.467 e. The maximum Gasteiger partial charge on any atom is 0.251 e. The third-order valence-corrected chi connectivity index (χ3v) is 2.51. The predicted molar refractivity (Wildman–Crippen MR) is 62.4 cm³/mol. The smallest absolute Gasteiger partial charge is 0.251 e. The fraction of sp³-hybridized carbons (Fsp3) is 0.154. The van der Waals surface area contributed by atoms with Gasteiger partial charge in [-0.05, 0) is 30.3 Å². The Morgan fingerprint density at radius 3 is 2.74 bits per heavy atom. The fourth-order valence-corrected chi connectivity index (χ4v) is 1.51. The number of aliphatic hydroxyl groups is 1. The molecule has 0 saturated heterocycles. The lowest BCUT2D eigenvalue weighted by molar-refractivity contribution is 0.0900. The van der Waals surface area contributed by atoms with Gasteiger partial charge >= 0.3 is 0 Å². The average molecular weight is 267 g/mol. The summed E-state index contributed by atoms with van der Waals surface area (Å²) in [6.07, 6.45) is 0.402. The zero-order valence-corrected chi connectivity index (χ0v) is 9.77. The second-order valence-corrected chi connectivity index (χ2v) is 3.87. The Kier molecular flexibility index (Phi) is 3.91. The Morgan fingerprint density at radius 1 is 1.32 bits per heavy atom. The molecule has 1 atom stereocenters. The van der Waals surface area contributed by atoms with Crippen LogP contribution in [-0.2, 0) is 0 Å². The summed E-state index contributed by atoms with van der Waals surface area (Å²) in [7, 11) is 0. The molecule has 0 fully saturated rings. The van der Waals surface area contributed by atoms with Gasteiger partial charge in [0.25, 0.3) is 5.91 Å². The highest BCUT2D eigenvalue weighted by Gasteiger charge is 2.14. The van der Waals surface area contributed by atoms with E-state index in [0.29, 0.717) is 5.76 Å². The van der Waals surface area contributed by atoms with Crippen LogP contribution in [0, 0.1) is 11.6 Å². The molecule has 100 valence electrons. The van der Waals surface area contributed by atoms with Crippen LogP contribution in [0.1, 0.15) is 22.2 Å². The van der Waals surface area contributed by atoms with Crippen molar-refractivity contribution in [3.8, 4) is 0 Å². The standard InChI is InChI=1S/C13H11F2NO3/c14-9-4-3-8(6-10(9)15)13(18)16-7-11(17)12-2-1-5-19-12/h1-6,11,17H,7H2,(H,16,18). The van der Waals surface area contributed by atoms with Crippen LogP contribution < -0.4 is 5.32 Å². The molecule has 0 bridgehead atoms. The van der Waals surface area contributed by atoms with Crippen molar-refractivity contribution >= 4 is 5.91 Å². The molecule has 0 aliphatic heterocycles. The van der Waals surface area contributed by atoms with E-state index < -0.39 is 23.6 Å². The molecule has 0 spiro atoms. The van der Waals surface area contributed by atoms with Gasteiger partial charge in [0.2, 0.25) is 0 Å². The van der Waals surface area contributed by atoms with E-state index in [0.717, 1.165) is 18.2 Å². The zero-order chi connectivity index (χ0) is 13.8. The first kappa shape index (κ1) is 13.2. The Hall–Kier alpha value is -2.21. The zero-order valence-electron chi connectivity index (χ0n) is 9.77. The highest BCUT2D eigenvalue weighted by molar-refractivity contribution is 5.94. The van der Waals surface area contributed by atoms with Gasteiger partial charge < -0.3 is 14.8 Å². The first-order valence-corrected chi connectivity index (χ1v) is 5.52. The van der Waals surface area contributed by atoms with Gasteiger partial charge in [0, 0.05) is 5.56 Å². The topological polar surface area (TPSA) is 62.5 Å². The normalized spacial score (nSPS) is 12.2. The lowest BCUT2D eigenvalue weighted by Gasteiger charge is -2.09. The summed E-state index contributed by atoms with van der Waals surface area (Å²) in [6, 6.07) is 5.99. The molecular weight excluding hydrogens is 256 g/mol. The number of aliphatic hydroxyl groups excluding tert-OH is 1. The quantitative estimate of drug-likeness (QED) is 0.890. The minimum atomic E-state index is -1.10. The largest absolute Gasteiger partial charge is 0.467 e. The molecule has 0 saturated carbocycles. The number of carbonyl (C=O) groups is 1. The van der Waals surface area contributed by atoms with Gasteiger partial charge in [-0.3, -0.25) is 4.79 Å². The Bertz CT molecular complexity index is 569. The van der Waals surface area contributed by atoms with Crippen LogP contribution in [0.5, 0.6) is 0 Å². The number of amides is 1. The molecule has 1 amide bonds. The number of carbonyl (C=O) groups excluding carboxylic acids is 1. The van der Waals surface area contributed by atoms with Gasteiger partial charge in [-0.1, -0.05) is 0 Å². The molecule has 19 heavy (non-hydrogen) atoms. The van der Waals surface area contributed by atoms with Gasteiger partial charge in [0.1, 0.15) is 11.9 Å². The van der Waals surface area contributed by atoms with Crippen LogP contribution >= 0.6 is 0 Å². The van der Waals surface area contributed by atoms with E-state index in [1.807, 2.05) is 0 Å². The van der Waals surface area contributed by atoms with E-state index in [1.54, 1.807) is 12.1 Å². The third kappa shape index (κ3) is 3.17. The van der Waals surface area contributed by atoms with Crippen LogP contribution in [0.15, 0.2) is 41.0 Å². The summed E-state index contributed by atoms with van der Waals surface area (Å²) in [5.41, 5.74) is -0.0226. The van der Waals surface area contributed by atoms with Gasteiger partial charge in [-0.2, -0.15) is 0 Å². The van der Waals surface area contributed by atoms with E-state index in [4.69, 9.17) is 4.42 Å². The molecule has 2 rings (SSSR count). The number of rotatable bonds is 4. The second kappa shape index (κ2) is 5.62. The second-order valence-electron chi connectivity index (χ2n) is 3.87. The molecule has 0 radical (unpaired) electrons. The van der Waals surface area contributed by atoms with E-state index in [2.05, 4.69) is 5.32 Å². The van der Waals surface area contributed by atoms with Crippen molar-refractivity contribution < 1.29 is 23.1 Å². The number of nitrogens with one attached hydrogen (secondary N) is 1. The van der Waals surface area contributed by atoms with Gasteiger partial charge in [-0.15, -0.1) is 0 Å². The summed E-state index contributed by atoms with van der Waals surface area (Å²) in [5.74, 6) is -2.42. The van der Waals surface area contributed by atoms with Gasteiger partial charge in [-0.25, -0.2) is 8.78 Å². The molecule has 1 aromatic heterocycles. The Morgan fingerprint density at radius 2 is 2.11 bits per heavy atom. The molecule has 4 nitrogen and oxygen atoms in total. The summed E-state index contributed by atoms with van der Waals surface area (Å²) in [4.78, 5) is 11.6. The molecule has 0 aliphatic carbocycles. The predicted octanol–water partition coefficient (Wildman–Crippen LogP) is 2.02. The van der Waals surface area contributed by atoms with Crippen molar-refractivity contribution in [1.82, 2.24) is 5.32 Å². The van der Waals surface area contributed by atoms with Crippen LogP contribution in [-0.4, -0.2) is 17.6 Å². The number of furan rings is 1. The van der Waals surface area contributed by atoms with Crippen molar-refractivity contribution in [2.75, 3.05) is 6.54 Å². The number of hydrogen-bond acceptors (Lipinski definition) is 3. The summed E-state index contributed by atoms with van der Waals surface area (Å²) >= 11 is 0. The van der Waals surface area contributed by atoms with Crippen LogP contribution in [0.2, 0.25) is 0 Å². The Labute approximate surface area is 107 Å². The minimum absolute atomic E-state index is 0.0226. The van der Waals surface area contributed by atoms with E-state index in [9.17, 15) is 18.7 Å². The van der Waals surface area contributed by atoms with Crippen molar-refractivity contribution in [3.63, 3.8) is 0 Å². The van der Waals surface area contributed by atoms with Crippen molar-refractivity contribution in [3.05, 3.63) is 59.6 Å². The number of halogens is 2. The molecule has 1 aromatic carbocycles. The molecule has 1 unspecified atom stereocenters. The Balaban J connectivity index is 1.96. The lowest BCUT2D eigenvalue weighted by Crippen LogP contribution is -2.28. The number of benzene rings is 1. The van der Waals surface area contributed by atoms with E-state index >= 15 is 0 Å². The first-order chi connectivity index (χ1) is 9.08. The van der Waals surface area contributed by atoms with Crippen molar-refractivity contribution in [2.24, 2.45) is 0 Å². The van der Waals surface area contributed by atoms with Crippen molar-refractivity contribution in [1.29, 1.82) is 0 Å². The lowest BCUT2D eigenvalue weighted by atomic mass is 10.2. The molecule has 0 aliphatic rings. The van der Waals surface area contributed by atoms with Gasteiger partial charge in [0.15, 0.2) is 11.6 Å². The van der Waals surface area contributed by atoms with E-state index in [1.165, 1.54) is 6.26 Å². The maximum atomic E-state index is 12.9. The summed E-state index contributed by atoms with van der Waals surface area (Å²) < 4.78 is 30.6. The van der Waals surface area contributed by atoms with Gasteiger partial charge in [0.05, 0.1) is 12.8 Å². The number of hydrogen-bond donors (Lipinski definition) is 2. The monoisotopic (exact) mass is 267 g/mol.